The zero-order valence-electron chi connectivity index (χ0n) is 10.6. The lowest BCUT2D eigenvalue weighted by atomic mass is 9.97. The summed E-state index contributed by atoms with van der Waals surface area (Å²) in [6.45, 7) is 7.67. The van der Waals surface area contributed by atoms with Crippen molar-refractivity contribution in [1.82, 2.24) is 5.32 Å². The second-order valence-electron chi connectivity index (χ2n) is 4.99. The number of aryl methyl sites for hydroxylation is 2. The van der Waals surface area contributed by atoms with E-state index in [0.717, 1.165) is 18.2 Å². The molecule has 1 fully saturated rings. The summed E-state index contributed by atoms with van der Waals surface area (Å²) in [5, 5.41) is 3.57. The first-order valence-corrected chi connectivity index (χ1v) is 6.00. The highest BCUT2D eigenvalue weighted by Crippen LogP contribution is 2.32. The number of ether oxygens (including phenoxy) is 1. The zero-order valence-corrected chi connectivity index (χ0v) is 10.6. The molecule has 2 atom stereocenters. The molecule has 1 aromatic rings. The molecule has 2 unspecified atom stereocenters. The Morgan fingerprint density at radius 2 is 1.88 bits per heavy atom. The quantitative estimate of drug-likeness (QED) is 0.825. The molecule has 88 valence electrons. The molecule has 1 saturated heterocycles. The molecule has 0 radical (unpaired) electrons. The molecule has 2 heteroatoms. The van der Waals surface area contributed by atoms with E-state index in [9.17, 15) is 0 Å². The van der Waals surface area contributed by atoms with Gasteiger partial charge in [0, 0.05) is 6.04 Å². The van der Waals surface area contributed by atoms with Gasteiger partial charge in [-0.25, -0.2) is 0 Å². The molecule has 0 bridgehead atoms. The molecule has 2 nitrogen and oxygen atoms in total. The summed E-state index contributed by atoms with van der Waals surface area (Å²) in [4.78, 5) is 0. The third-order valence-electron chi connectivity index (χ3n) is 3.44. The van der Waals surface area contributed by atoms with Gasteiger partial charge in [0.1, 0.15) is 5.75 Å². The van der Waals surface area contributed by atoms with Crippen LogP contribution in [0.15, 0.2) is 12.1 Å². The SMILES string of the molecule is COc1c(C)cc(C2CC(C)CN2)cc1C. The van der Waals surface area contributed by atoms with Crippen molar-refractivity contribution >= 4 is 0 Å². The smallest absolute Gasteiger partial charge is 0.124 e. The van der Waals surface area contributed by atoms with Crippen molar-refractivity contribution in [1.29, 1.82) is 0 Å². The molecule has 1 aliphatic rings. The first-order chi connectivity index (χ1) is 7.61. The minimum absolute atomic E-state index is 0.526. The molecular weight excluding hydrogens is 198 g/mol. The Morgan fingerprint density at radius 3 is 2.31 bits per heavy atom. The van der Waals surface area contributed by atoms with E-state index >= 15 is 0 Å². The fraction of sp³-hybridized carbons (Fsp3) is 0.571. The highest BCUT2D eigenvalue weighted by molar-refractivity contribution is 5.44. The van der Waals surface area contributed by atoms with Crippen molar-refractivity contribution in [2.75, 3.05) is 13.7 Å². The molecular formula is C14H21NO. The van der Waals surface area contributed by atoms with Crippen LogP contribution in [0.5, 0.6) is 5.75 Å². The standard InChI is InChI=1S/C14H21NO/c1-9-5-13(15-8-9)12-6-10(2)14(16-4)11(3)7-12/h6-7,9,13,15H,5,8H2,1-4H3. The molecule has 16 heavy (non-hydrogen) atoms. The number of benzene rings is 1. The molecule has 1 heterocycles. The average molecular weight is 219 g/mol. The summed E-state index contributed by atoms with van der Waals surface area (Å²) in [6.07, 6.45) is 1.24. The van der Waals surface area contributed by atoms with Crippen LogP contribution in [0, 0.1) is 19.8 Å². The Kier molecular flexibility index (Phi) is 3.20. The van der Waals surface area contributed by atoms with Crippen LogP contribution in [0.4, 0.5) is 0 Å². The highest BCUT2D eigenvalue weighted by Gasteiger charge is 2.22. The van der Waals surface area contributed by atoms with Gasteiger partial charge in [0.15, 0.2) is 0 Å². The predicted octanol–water partition coefficient (Wildman–Crippen LogP) is 2.98. The average Bonchev–Trinajstić information content (AvgIpc) is 2.64. The maximum Gasteiger partial charge on any atom is 0.124 e. The Bertz CT molecular complexity index is 363. The number of nitrogens with one attached hydrogen (secondary N) is 1. The lowest BCUT2D eigenvalue weighted by molar-refractivity contribution is 0.408. The van der Waals surface area contributed by atoms with E-state index in [1.807, 2.05) is 0 Å². The van der Waals surface area contributed by atoms with Gasteiger partial charge in [0.25, 0.3) is 0 Å². The van der Waals surface area contributed by atoms with Crippen molar-refractivity contribution in [2.24, 2.45) is 5.92 Å². The third kappa shape index (κ3) is 2.07. The molecule has 1 N–H and O–H groups in total. The minimum Gasteiger partial charge on any atom is -0.496 e. The van der Waals surface area contributed by atoms with Gasteiger partial charge in [-0.3, -0.25) is 0 Å². The van der Waals surface area contributed by atoms with Crippen LogP contribution in [-0.2, 0) is 0 Å². The molecule has 1 aromatic carbocycles. The normalized spacial score (nSPS) is 24.8. The van der Waals surface area contributed by atoms with Crippen LogP contribution >= 0.6 is 0 Å². The summed E-state index contributed by atoms with van der Waals surface area (Å²) in [7, 11) is 1.74. The van der Waals surface area contributed by atoms with E-state index < -0.39 is 0 Å². The fourth-order valence-electron chi connectivity index (χ4n) is 2.67. The maximum atomic E-state index is 5.39. The molecule has 0 aliphatic carbocycles. The first-order valence-electron chi connectivity index (χ1n) is 6.00. The van der Waals surface area contributed by atoms with Gasteiger partial charge < -0.3 is 10.1 Å². The van der Waals surface area contributed by atoms with Crippen LogP contribution in [-0.4, -0.2) is 13.7 Å². The van der Waals surface area contributed by atoms with E-state index in [1.165, 1.54) is 23.1 Å². The summed E-state index contributed by atoms with van der Waals surface area (Å²) in [5.74, 6) is 1.81. The predicted molar refractivity (Wildman–Crippen MR) is 67.0 cm³/mol. The van der Waals surface area contributed by atoms with Gasteiger partial charge in [0.2, 0.25) is 0 Å². The van der Waals surface area contributed by atoms with Gasteiger partial charge in [0.05, 0.1) is 7.11 Å². The molecule has 0 amide bonds. The topological polar surface area (TPSA) is 21.3 Å². The highest BCUT2D eigenvalue weighted by atomic mass is 16.5. The maximum absolute atomic E-state index is 5.39. The summed E-state index contributed by atoms with van der Waals surface area (Å²) in [5.41, 5.74) is 3.87. The third-order valence-corrected chi connectivity index (χ3v) is 3.44. The van der Waals surface area contributed by atoms with Crippen molar-refractivity contribution in [3.63, 3.8) is 0 Å². The van der Waals surface area contributed by atoms with Crippen LogP contribution in [0.1, 0.15) is 36.1 Å². The summed E-state index contributed by atoms with van der Waals surface area (Å²) >= 11 is 0. The molecule has 0 saturated carbocycles. The van der Waals surface area contributed by atoms with E-state index in [4.69, 9.17) is 4.74 Å². The Morgan fingerprint density at radius 1 is 1.25 bits per heavy atom. The number of rotatable bonds is 2. The van der Waals surface area contributed by atoms with E-state index in [-0.39, 0.29) is 0 Å². The summed E-state index contributed by atoms with van der Waals surface area (Å²) < 4.78 is 5.39. The van der Waals surface area contributed by atoms with Crippen LogP contribution < -0.4 is 10.1 Å². The monoisotopic (exact) mass is 219 g/mol. The van der Waals surface area contributed by atoms with Gasteiger partial charge >= 0.3 is 0 Å². The van der Waals surface area contributed by atoms with Crippen molar-refractivity contribution < 1.29 is 4.74 Å². The lowest BCUT2D eigenvalue weighted by Gasteiger charge is -2.15. The number of hydrogen-bond acceptors (Lipinski definition) is 2. The van der Waals surface area contributed by atoms with Crippen molar-refractivity contribution in [3.05, 3.63) is 28.8 Å². The number of hydrogen-bond donors (Lipinski definition) is 1. The van der Waals surface area contributed by atoms with Gasteiger partial charge in [-0.2, -0.15) is 0 Å². The second kappa shape index (κ2) is 4.46. The Hall–Kier alpha value is -1.02. The second-order valence-corrected chi connectivity index (χ2v) is 4.99. The van der Waals surface area contributed by atoms with Crippen LogP contribution in [0.2, 0.25) is 0 Å². The van der Waals surface area contributed by atoms with Crippen LogP contribution in [0.25, 0.3) is 0 Å². The molecule has 2 rings (SSSR count). The lowest BCUT2D eigenvalue weighted by Crippen LogP contribution is -2.13. The minimum atomic E-state index is 0.526. The molecule has 0 spiro atoms. The van der Waals surface area contributed by atoms with Crippen LogP contribution in [0.3, 0.4) is 0 Å². The summed E-state index contributed by atoms with van der Waals surface area (Å²) in [6, 6.07) is 5.03. The number of methoxy groups -OCH3 is 1. The fourth-order valence-corrected chi connectivity index (χ4v) is 2.67. The van der Waals surface area contributed by atoms with E-state index in [1.54, 1.807) is 7.11 Å². The van der Waals surface area contributed by atoms with E-state index in [0.29, 0.717) is 6.04 Å². The van der Waals surface area contributed by atoms with Crippen molar-refractivity contribution in [3.8, 4) is 5.75 Å². The first kappa shape index (κ1) is 11.5. The molecule has 1 aliphatic heterocycles. The Balaban J connectivity index is 2.29. The Labute approximate surface area is 98.0 Å². The van der Waals surface area contributed by atoms with Gasteiger partial charge in [-0.1, -0.05) is 19.1 Å². The van der Waals surface area contributed by atoms with Gasteiger partial charge in [-0.15, -0.1) is 0 Å². The largest absolute Gasteiger partial charge is 0.496 e. The zero-order chi connectivity index (χ0) is 11.7. The molecule has 0 aromatic heterocycles. The van der Waals surface area contributed by atoms with E-state index in [2.05, 4.69) is 38.2 Å². The van der Waals surface area contributed by atoms with Gasteiger partial charge in [-0.05, 0) is 49.4 Å². The van der Waals surface area contributed by atoms with Crippen molar-refractivity contribution in [2.45, 2.75) is 33.2 Å².